The van der Waals surface area contributed by atoms with Crippen LogP contribution in [0.4, 0.5) is 5.69 Å². The van der Waals surface area contributed by atoms with Crippen LogP contribution >= 0.6 is 11.6 Å². The molecule has 1 aromatic rings. The Labute approximate surface area is 106 Å². The number of nitrogens with two attached hydrogens (primary N) is 1. The summed E-state index contributed by atoms with van der Waals surface area (Å²) in [6.45, 7) is 2.70. The quantitative estimate of drug-likeness (QED) is 0.736. The molecule has 1 aliphatic heterocycles. The van der Waals surface area contributed by atoms with E-state index in [-0.39, 0.29) is 6.04 Å². The highest BCUT2D eigenvalue weighted by molar-refractivity contribution is 6.33. The van der Waals surface area contributed by atoms with Crippen LogP contribution in [0.3, 0.4) is 0 Å². The molecule has 94 valence electrons. The molecule has 1 fully saturated rings. The van der Waals surface area contributed by atoms with Gasteiger partial charge in [-0.2, -0.15) is 0 Å². The number of hydrogen-bond acceptors (Lipinski definition) is 4. The van der Waals surface area contributed by atoms with E-state index in [9.17, 15) is 10.2 Å². The zero-order chi connectivity index (χ0) is 12.6. The fraction of sp³-hybridized carbons (Fsp3) is 0.500. The van der Waals surface area contributed by atoms with E-state index in [0.717, 1.165) is 11.3 Å². The molecule has 0 aliphatic carbocycles. The third-order valence-corrected chi connectivity index (χ3v) is 3.40. The highest BCUT2D eigenvalue weighted by Gasteiger charge is 2.30. The van der Waals surface area contributed by atoms with E-state index in [1.165, 1.54) is 0 Å². The predicted molar refractivity (Wildman–Crippen MR) is 68.3 cm³/mol. The third-order valence-electron chi connectivity index (χ3n) is 3.10. The van der Waals surface area contributed by atoms with Gasteiger partial charge in [0.25, 0.3) is 0 Å². The van der Waals surface area contributed by atoms with Crippen LogP contribution in [0, 0.1) is 0 Å². The van der Waals surface area contributed by atoms with Gasteiger partial charge < -0.3 is 20.8 Å². The van der Waals surface area contributed by atoms with E-state index < -0.39 is 12.2 Å². The van der Waals surface area contributed by atoms with E-state index in [0.29, 0.717) is 18.1 Å². The van der Waals surface area contributed by atoms with Gasteiger partial charge in [-0.3, -0.25) is 0 Å². The monoisotopic (exact) mass is 256 g/mol. The number of anilines is 1. The molecule has 0 aromatic heterocycles. The van der Waals surface area contributed by atoms with Crippen molar-refractivity contribution in [3.05, 3.63) is 28.8 Å². The summed E-state index contributed by atoms with van der Waals surface area (Å²) in [5.74, 6) is 0. The number of halogens is 1. The third kappa shape index (κ3) is 2.55. The summed E-state index contributed by atoms with van der Waals surface area (Å²) in [7, 11) is 0. The van der Waals surface area contributed by atoms with Crippen molar-refractivity contribution < 1.29 is 10.2 Å². The first kappa shape index (κ1) is 12.6. The Bertz CT molecular complexity index is 401. The molecule has 17 heavy (non-hydrogen) atoms. The number of hydrogen-bond donors (Lipinski definition) is 3. The number of benzene rings is 1. The van der Waals surface area contributed by atoms with Crippen molar-refractivity contribution in [1.29, 1.82) is 0 Å². The maximum atomic E-state index is 9.51. The van der Waals surface area contributed by atoms with Gasteiger partial charge in [0.15, 0.2) is 0 Å². The van der Waals surface area contributed by atoms with Crippen molar-refractivity contribution >= 4 is 17.3 Å². The van der Waals surface area contributed by atoms with Gasteiger partial charge in [-0.15, -0.1) is 0 Å². The highest BCUT2D eigenvalue weighted by Crippen LogP contribution is 2.30. The lowest BCUT2D eigenvalue weighted by atomic mass is 10.1. The van der Waals surface area contributed by atoms with Crippen molar-refractivity contribution in [3.8, 4) is 0 Å². The minimum Gasteiger partial charge on any atom is -0.389 e. The smallest absolute Gasteiger partial charge is 0.0990 e. The largest absolute Gasteiger partial charge is 0.389 e. The fourth-order valence-electron chi connectivity index (χ4n) is 2.03. The number of β-amino-alcohol motifs (C(OH)–C–C–N with tert-alkyl or cyclic N) is 2. The normalized spacial score (nSPS) is 26.3. The van der Waals surface area contributed by atoms with Crippen molar-refractivity contribution in [2.75, 3.05) is 18.0 Å². The zero-order valence-electron chi connectivity index (χ0n) is 9.68. The molecule has 0 amide bonds. The Morgan fingerprint density at radius 1 is 1.35 bits per heavy atom. The zero-order valence-corrected chi connectivity index (χ0v) is 10.4. The van der Waals surface area contributed by atoms with Crippen molar-refractivity contribution in [1.82, 2.24) is 0 Å². The molecule has 0 bridgehead atoms. The molecule has 5 heteroatoms. The van der Waals surface area contributed by atoms with Gasteiger partial charge in [0.05, 0.1) is 22.9 Å². The summed E-state index contributed by atoms with van der Waals surface area (Å²) in [6.07, 6.45) is -1.42. The van der Waals surface area contributed by atoms with E-state index in [2.05, 4.69) is 0 Å². The van der Waals surface area contributed by atoms with E-state index in [4.69, 9.17) is 17.3 Å². The first-order valence-corrected chi connectivity index (χ1v) is 6.03. The molecule has 2 unspecified atom stereocenters. The summed E-state index contributed by atoms with van der Waals surface area (Å²) in [6, 6.07) is 5.57. The average Bonchev–Trinajstić information content (AvgIpc) is 2.58. The van der Waals surface area contributed by atoms with Crippen LogP contribution in [0.5, 0.6) is 0 Å². The van der Waals surface area contributed by atoms with Crippen LogP contribution in [0.2, 0.25) is 5.02 Å². The Morgan fingerprint density at radius 3 is 2.41 bits per heavy atom. The van der Waals surface area contributed by atoms with Gasteiger partial charge in [-0.05, 0) is 24.6 Å². The SMILES string of the molecule is C[C@@H](N)c1ccc(N2CC(O)C(O)C2)c(Cl)c1. The lowest BCUT2D eigenvalue weighted by Crippen LogP contribution is -2.22. The van der Waals surface area contributed by atoms with E-state index in [1.807, 2.05) is 30.0 Å². The molecule has 1 aliphatic rings. The molecular formula is C12H17ClN2O2. The fourth-order valence-corrected chi connectivity index (χ4v) is 2.34. The Hall–Kier alpha value is -0.810. The number of nitrogens with zero attached hydrogens (tertiary/aromatic N) is 1. The second kappa shape index (κ2) is 4.82. The van der Waals surface area contributed by atoms with Crippen LogP contribution in [-0.2, 0) is 0 Å². The number of aliphatic hydroxyl groups is 2. The van der Waals surface area contributed by atoms with Gasteiger partial charge >= 0.3 is 0 Å². The van der Waals surface area contributed by atoms with Crippen molar-refractivity contribution in [3.63, 3.8) is 0 Å². The van der Waals surface area contributed by atoms with Crippen molar-refractivity contribution in [2.45, 2.75) is 25.2 Å². The predicted octanol–water partition coefficient (Wildman–Crippen LogP) is 0.902. The van der Waals surface area contributed by atoms with Gasteiger partial charge in [0.1, 0.15) is 0 Å². The van der Waals surface area contributed by atoms with E-state index >= 15 is 0 Å². The average molecular weight is 257 g/mol. The minimum absolute atomic E-state index is 0.0590. The van der Waals surface area contributed by atoms with E-state index in [1.54, 1.807) is 0 Å². The molecule has 0 radical (unpaired) electrons. The molecule has 4 N–H and O–H groups in total. The molecule has 0 saturated carbocycles. The first-order valence-electron chi connectivity index (χ1n) is 5.65. The van der Waals surface area contributed by atoms with Crippen LogP contribution in [0.25, 0.3) is 0 Å². The summed E-state index contributed by atoms with van der Waals surface area (Å²) in [4.78, 5) is 1.88. The molecule has 0 spiro atoms. The number of aliphatic hydroxyl groups excluding tert-OH is 2. The lowest BCUT2D eigenvalue weighted by Gasteiger charge is -2.20. The van der Waals surface area contributed by atoms with Crippen LogP contribution in [0.1, 0.15) is 18.5 Å². The first-order chi connectivity index (χ1) is 7.99. The minimum atomic E-state index is -0.709. The maximum Gasteiger partial charge on any atom is 0.0990 e. The molecule has 2 rings (SSSR count). The molecule has 4 nitrogen and oxygen atoms in total. The summed E-state index contributed by atoms with van der Waals surface area (Å²) >= 11 is 6.19. The standard InChI is InChI=1S/C12H17ClN2O2/c1-7(14)8-2-3-10(9(13)4-8)15-5-11(16)12(17)6-15/h2-4,7,11-12,16-17H,5-6,14H2,1H3/t7-,11?,12?/m1/s1. The second-order valence-electron chi connectivity index (χ2n) is 4.54. The molecule has 1 heterocycles. The van der Waals surface area contributed by atoms with Crippen molar-refractivity contribution in [2.24, 2.45) is 5.73 Å². The maximum absolute atomic E-state index is 9.51. The lowest BCUT2D eigenvalue weighted by molar-refractivity contribution is 0.0572. The summed E-state index contributed by atoms with van der Waals surface area (Å²) < 4.78 is 0. The van der Waals surface area contributed by atoms with Crippen LogP contribution < -0.4 is 10.6 Å². The number of rotatable bonds is 2. The summed E-state index contributed by atoms with van der Waals surface area (Å²) in [5.41, 5.74) is 7.57. The van der Waals surface area contributed by atoms with Gasteiger partial charge in [-0.1, -0.05) is 17.7 Å². The van der Waals surface area contributed by atoms with Gasteiger partial charge in [-0.25, -0.2) is 0 Å². The second-order valence-corrected chi connectivity index (χ2v) is 4.95. The van der Waals surface area contributed by atoms with Gasteiger partial charge in [0, 0.05) is 19.1 Å². The Kier molecular flexibility index (Phi) is 3.58. The van der Waals surface area contributed by atoms with Crippen LogP contribution in [0.15, 0.2) is 18.2 Å². The molecular weight excluding hydrogens is 240 g/mol. The molecule has 3 atom stereocenters. The highest BCUT2D eigenvalue weighted by atomic mass is 35.5. The van der Waals surface area contributed by atoms with Gasteiger partial charge in [0.2, 0.25) is 0 Å². The molecule has 1 aromatic carbocycles. The Morgan fingerprint density at radius 2 is 1.94 bits per heavy atom. The molecule has 1 saturated heterocycles. The van der Waals surface area contributed by atoms with Crippen LogP contribution in [-0.4, -0.2) is 35.5 Å². The topological polar surface area (TPSA) is 69.7 Å². The Balaban J connectivity index is 2.23. The summed E-state index contributed by atoms with van der Waals surface area (Å²) in [5, 5.41) is 19.6.